The molecule has 0 aliphatic heterocycles. The van der Waals surface area contributed by atoms with E-state index in [9.17, 15) is 0 Å². The van der Waals surface area contributed by atoms with E-state index < -0.39 is 0 Å². The molecule has 0 aliphatic rings. The standard InChI is InChI=1S/C10H14N4S/c1-2-12-9(8-11)4-7-15-10-13-5-3-6-14-10/h3,5-6,9,12H,2,4,7H2,1H3. The number of aromatic nitrogens is 2. The first-order valence-electron chi connectivity index (χ1n) is 4.89. The molecule has 0 aromatic carbocycles. The van der Waals surface area contributed by atoms with Crippen molar-refractivity contribution >= 4 is 11.8 Å². The number of nitrogens with zero attached hydrogens (tertiary/aromatic N) is 3. The second-order valence-electron chi connectivity index (χ2n) is 2.91. The zero-order chi connectivity index (χ0) is 10.9. The molecular formula is C10H14N4S. The van der Waals surface area contributed by atoms with Gasteiger partial charge < -0.3 is 5.32 Å². The first kappa shape index (κ1) is 12.0. The highest BCUT2D eigenvalue weighted by Crippen LogP contribution is 2.12. The van der Waals surface area contributed by atoms with E-state index in [0.717, 1.165) is 23.9 Å². The van der Waals surface area contributed by atoms with Crippen LogP contribution in [0, 0.1) is 11.3 Å². The topological polar surface area (TPSA) is 61.6 Å². The Morgan fingerprint density at radius 1 is 1.53 bits per heavy atom. The molecule has 5 heteroatoms. The monoisotopic (exact) mass is 222 g/mol. The zero-order valence-electron chi connectivity index (χ0n) is 8.68. The normalized spacial score (nSPS) is 12.0. The van der Waals surface area contributed by atoms with Crippen LogP contribution < -0.4 is 5.32 Å². The average molecular weight is 222 g/mol. The largest absolute Gasteiger partial charge is 0.302 e. The van der Waals surface area contributed by atoms with Gasteiger partial charge in [-0.2, -0.15) is 5.26 Å². The van der Waals surface area contributed by atoms with Crippen LogP contribution in [0.4, 0.5) is 0 Å². The minimum atomic E-state index is -0.0637. The number of thioether (sulfide) groups is 1. The van der Waals surface area contributed by atoms with E-state index in [1.165, 1.54) is 0 Å². The lowest BCUT2D eigenvalue weighted by atomic mass is 10.2. The van der Waals surface area contributed by atoms with Crippen molar-refractivity contribution in [3.8, 4) is 6.07 Å². The van der Waals surface area contributed by atoms with E-state index in [-0.39, 0.29) is 6.04 Å². The molecule has 1 heterocycles. The van der Waals surface area contributed by atoms with Gasteiger partial charge in [0, 0.05) is 18.1 Å². The van der Waals surface area contributed by atoms with Crippen molar-refractivity contribution in [3.63, 3.8) is 0 Å². The molecule has 1 N–H and O–H groups in total. The smallest absolute Gasteiger partial charge is 0.187 e. The maximum absolute atomic E-state index is 8.80. The van der Waals surface area contributed by atoms with Gasteiger partial charge in [0.2, 0.25) is 0 Å². The fourth-order valence-corrected chi connectivity index (χ4v) is 1.89. The summed E-state index contributed by atoms with van der Waals surface area (Å²) >= 11 is 1.58. The molecule has 0 radical (unpaired) electrons. The Hall–Kier alpha value is -1.12. The molecule has 1 unspecified atom stereocenters. The molecule has 15 heavy (non-hydrogen) atoms. The van der Waals surface area contributed by atoms with Crippen molar-refractivity contribution in [1.82, 2.24) is 15.3 Å². The molecule has 0 fully saturated rings. The maximum Gasteiger partial charge on any atom is 0.187 e. The van der Waals surface area contributed by atoms with Crippen molar-refractivity contribution in [3.05, 3.63) is 18.5 Å². The van der Waals surface area contributed by atoms with Gasteiger partial charge in [-0.25, -0.2) is 9.97 Å². The van der Waals surface area contributed by atoms with Gasteiger partial charge in [-0.3, -0.25) is 0 Å². The number of hydrogen-bond acceptors (Lipinski definition) is 5. The predicted octanol–water partition coefficient (Wildman–Crippen LogP) is 1.46. The fraction of sp³-hybridized carbons (Fsp3) is 0.500. The summed E-state index contributed by atoms with van der Waals surface area (Å²) in [7, 11) is 0. The number of hydrogen-bond donors (Lipinski definition) is 1. The van der Waals surface area contributed by atoms with Crippen LogP contribution >= 0.6 is 11.8 Å². The Bertz CT molecular complexity index is 309. The van der Waals surface area contributed by atoms with Gasteiger partial charge in [-0.05, 0) is 19.0 Å². The molecule has 0 spiro atoms. The van der Waals surface area contributed by atoms with Gasteiger partial charge in [-0.15, -0.1) is 0 Å². The molecule has 0 saturated heterocycles. The van der Waals surface area contributed by atoms with Crippen LogP contribution in [0.5, 0.6) is 0 Å². The first-order chi connectivity index (χ1) is 7.36. The Balaban J connectivity index is 2.24. The Kier molecular flexibility index (Phi) is 5.74. The van der Waals surface area contributed by atoms with Crippen LogP contribution in [0.3, 0.4) is 0 Å². The van der Waals surface area contributed by atoms with E-state index in [2.05, 4.69) is 21.4 Å². The zero-order valence-corrected chi connectivity index (χ0v) is 9.50. The maximum atomic E-state index is 8.80. The Morgan fingerprint density at radius 2 is 2.27 bits per heavy atom. The number of nitriles is 1. The minimum absolute atomic E-state index is 0.0637. The van der Waals surface area contributed by atoms with Gasteiger partial charge in [0.05, 0.1) is 12.1 Å². The third-order valence-electron chi connectivity index (χ3n) is 1.79. The summed E-state index contributed by atoms with van der Waals surface area (Å²) in [5, 5.41) is 12.7. The van der Waals surface area contributed by atoms with E-state index in [0.29, 0.717) is 0 Å². The summed E-state index contributed by atoms with van der Waals surface area (Å²) in [4.78, 5) is 8.19. The van der Waals surface area contributed by atoms with E-state index in [4.69, 9.17) is 5.26 Å². The molecule has 1 rings (SSSR count). The summed E-state index contributed by atoms with van der Waals surface area (Å²) in [6.45, 7) is 2.82. The fourth-order valence-electron chi connectivity index (χ4n) is 1.09. The van der Waals surface area contributed by atoms with Gasteiger partial charge in [0.1, 0.15) is 0 Å². The molecule has 0 aliphatic carbocycles. The van der Waals surface area contributed by atoms with E-state index in [1.54, 1.807) is 30.2 Å². The summed E-state index contributed by atoms with van der Waals surface area (Å²) in [5.74, 6) is 0.856. The molecule has 4 nitrogen and oxygen atoms in total. The molecule has 0 amide bonds. The highest BCUT2D eigenvalue weighted by atomic mass is 32.2. The lowest BCUT2D eigenvalue weighted by molar-refractivity contribution is 0.612. The second kappa shape index (κ2) is 7.21. The third kappa shape index (κ3) is 4.77. The molecule has 1 aromatic heterocycles. The van der Waals surface area contributed by atoms with Crippen molar-refractivity contribution in [2.75, 3.05) is 12.3 Å². The quantitative estimate of drug-likeness (QED) is 0.583. The van der Waals surface area contributed by atoms with Crippen LogP contribution in [-0.2, 0) is 0 Å². The highest BCUT2D eigenvalue weighted by molar-refractivity contribution is 7.99. The van der Waals surface area contributed by atoms with Crippen LogP contribution in [-0.4, -0.2) is 28.3 Å². The summed E-state index contributed by atoms with van der Waals surface area (Å²) < 4.78 is 0. The number of rotatable bonds is 6. The van der Waals surface area contributed by atoms with Crippen molar-refractivity contribution in [2.45, 2.75) is 24.5 Å². The van der Waals surface area contributed by atoms with E-state index in [1.807, 2.05) is 6.92 Å². The molecule has 0 bridgehead atoms. The first-order valence-corrected chi connectivity index (χ1v) is 5.88. The van der Waals surface area contributed by atoms with Crippen LogP contribution in [0.15, 0.2) is 23.6 Å². The Morgan fingerprint density at radius 3 is 2.87 bits per heavy atom. The van der Waals surface area contributed by atoms with Gasteiger partial charge in [0.15, 0.2) is 5.16 Å². The van der Waals surface area contributed by atoms with Crippen molar-refractivity contribution in [1.29, 1.82) is 5.26 Å². The van der Waals surface area contributed by atoms with Gasteiger partial charge >= 0.3 is 0 Å². The molecular weight excluding hydrogens is 208 g/mol. The number of nitrogens with one attached hydrogen (secondary N) is 1. The van der Waals surface area contributed by atoms with Crippen LogP contribution in [0.1, 0.15) is 13.3 Å². The molecule has 1 aromatic rings. The summed E-state index contributed by atoms with van der Waals surface area (Å²) in [6, 6.07) is 3.95. The SMILES string of the molecule is CCNC(C#N)CCSc1ncccn1. The van der Waals surface area contributed by atoms with Gasteiger partial charge in [-0.1, -0.05) is 18.7 Å². The van der Waals surface area contributed by atoms with Gasteiger partial charge in [0.25, 0.3) is 0 Å². The molecule has 80 valence electrons. The lowest BCUT2D eigenvalue weighted by Crippen LogP contribution is -2.27. The minimum Gasteiger partial charge on any atom is -0.302 e. The second-order valence-corrected chi connectivity index (χ2v) is 3.97. The van der Waals surface area contributed by atoms with Crippen molar-refractivity contribution in [2.24, 2.45) is 0 Å². The molecule has 1 atom stereocenters. The molecule has 0 saturated carbocycles. The Labute approximate surface area is 94.1 Å². The van der Waals surface area contributed by atoms with Crippen LogP contribution in [0.2, 0.25) is 0 Å². The summed E-state index contributed by atoms with van der Waals surface area (Å²) in [5.41, 5.74) is 0. The third-order valence-corrected chi connectivity index (χ3v) is 2.69. The summed E-state index contributed by atoms with van der Waals surface area (Å²) in [6.07, 6.45) is 4.26. The van der Waals surface area contributed by atoms with Crippen LogP contribution in [0.25, 0.3) is 0 Å². The van der Waals surface area contributed by atoms with Crippen molar-refractivity contribution < 1.29 is 0 Å². The lowest BCUT2D eigenvalue weighted by Gasteiger charge is -2.07. The predicted molar refractivity (Wildman–Crippen MR) is 60.5 cm³/mol. The van der Waals surface area contributed by atoms with E-state index >= 15 is 0 Å². The average Bonchev–Trinajstić information content (AvgIpc) is 2.29. The highest BCUT2D eigenvalue weighted by Gasteiger charge is 2.05.